The predicted molar refractivity (Wildman–Crippen MR) is 97.7 cm³/mol. The van der Waals surface area contributed by atoms with E-state index in [1.54, 1.807) is 6.92 Å². The van der Waals surface area contributed by atoms with Crippen molar-refractivity contribution in [3.8, 4) is 5.75 Å². The van der Waals surface area contributed by atoms with Crippen LogP contribution < -0.4 is 10.1 Å². The second-order valence-electron chi connectivity index (χ2n) is 6.71. The number of ether oxygens (including phenoxy) is 1. The van der Waals surface area contributed by atoms with E-state index in [2.05, 4.69) is 23.5 Å². The Balaban J connectivity index is 1.65. The number of nitrogens with one attached hydrogen (secondary N) is 1. The van der Waals surface area contributed by atoms with Crippen molar-refractivity contribution >= 4 is 11.6 Å². The fourth-order valence-corrected chi connectivity index (χ4v) is 3.23. The summed E-state index contributed by atoms with van der Waals surface area (Å²) in [7, 11) is 0. The summed E-state index contributed by atoms with van der Waals surface area (Å²) in [6.07, 6.45) is 4.22. The molecule has 0 fully saturated rings. The Hall–Kier alpha value is -2.29. The number of rotatable bonds is 4. The van der Waals surface area contributed by atoms with Gasteiger partial charge in [-0.15, -0.1) is 0 Å². The van der Waals surface area contributed by atoms with Crippen LogP contribution in [0.4, 0.5) is 5.69 Å². The molecule has 24 heavy (non-hydrogen) atoms. The Morgan fingerprint density at radius 3 is 2.54 bits per heavy atom. The van der Waals surface area contributed by atoms with E-state index >= 15 is 0 Å². The van der Waals surface area contributed by atoms with Gasteiger partial charge >= 0.3 is 0 Å². The SMILES string of the molecule is Cc1ccc(NC(=O)[C@@H](C)Oc2ccc3c(c2)CCCC3)c(C)c1. The van der Waals surface area contributed by atoms with Crippen LogP contribution in [-0.2, 0) is 17.6 Å². The van der Waals surface area contributed by atoms with Gasteiger partial charge in [-0.05, 0) is 81.3 Å². The third-order valence-electron chi connectivity index (χ3n) is 4.64. The minimum absolute atomic E-state index is 0.125. The average Bonchev–Trinajstić information content (AvgIpc) is 2.57. The van der Waals surface area contributed by atoms with Crippen LogP contribution in [0.5, 0.6) is 5.75 Å². The molecule has 1 aliphatic rings. The van der Waals surface area contributed by atoms with E-state index in [1.165, 1.54) is 29.5 Å². The highest BCUT2D eigenvalue weighted by atomic mass is 16.5. The van der Waals surface area contributed by atoms with Crippen LogP contribution in [0, 0.1) is 13.8 Å². The number of anilines is 1. The van der Waals surface area contributed by atoms with Crippen LogP contribution in [0.15, 0.2) is 36.4 Å². The number of aryl methyl sites for hydroxylation is 4. The summed E-state index contributed by atoms with van der Waals surface area (Å²) in [5, 5.41) is 2.96. The quantitative estimate of drug-likeness (QED) is 0.894. The van der Waals surface area contributed by atoms with E-state index in [9.17, 15) is 4.79 Å². The zero-order valence-electron chi connectivity index (χ0n) is 14.7. The number of hydrogen-bond acceptors (Lipinski definition) is 2. The number of carbonyl (C=O) groups is 1. The van der Waals surface area contributed by atoms with Crippen LogP contribution in [-0.4, -0.2) is 12.0 Å². The number of carbonyl (C=O) groups excluding carboxylic acids is 1. The van der Waals surface area contributed by atoms with E-state index in [4.69, 9.17) is 4.74 Å². The Morgan fingerprint density at radius 2 is 1.79 bits per heavy atom. The molecule has 1 N–H and O–H groups in total. The first-order valence-electron chi connectivity index (χ1n) is 8.69. The van der Waals surface area contributed by atoms with Gasteiger partial charge in [0, 0.05) is 5.69 Å². The molecule has 0 spiro atoms. The van der Waals surface area contributed by atoms with E-state index in [0.29, 0.717) is 0 Å². The van der Waals surface area contributed by atoms with Gasteiger partial charge < -0.3 is 10.1 Å². The molecule has 1 amide bonds. The first kappa shape index (κ1) is 16.6. The number of hydrogen-bond donors (Lipinski definition) is 1. The number of amides is 1. The Kier molecular flexibility index (Phi) is 4.89. The summed E-state index contributed by atoms with van der Waals surface area (Å²) in [5.74, 6) is 0.651. The monoisotopic (exact) mass is 323 g/mol. The molecule has 0 saturated heterocycles. The summed E-state index contributed by atoms with van der Waals surface area (Å²) >= 11 is 0. The van der Waals surface area contributed by atoms with Crippen LogP contribution in [0.1, 0.15) is 42.0 Å². The maximum absolute atomic E-state index is 12.4. The lowest BCUT2D eigenvalue weighted by atomic mass is 9.92. The molecule has 0 unspecified atom stereocenters. The third-order valence-corrected chi connectivity index (χ3v) is 4.64. The van der Waals surface area contributed by atoms with Crippen LogP contribution in [0.3, 0.4) is 0 Å². The smallest absolute Gasteiger partial charge is 0.265 e. The van der Waals surface area contributed by atoms with Crippen LogP contribution >= 0.6 is 0 Å². The third kappa shape index (κ3) is 3.78. The van der Waals surface area contributed by atoms with Gasteiger partial charge in [-0.1, -0.05) is 23.8 Å². The highest BCUT2D eigenvalue weighted by Gasteiger charge is 2.17. The number of benzene rings is 2. The molecule has 0 aromatic heterocycles. The fourth-order valence-electron chi connectivity index (χ4n) is 3.23. The largest absolute Gasteiger partial charge is 0.481 e. The highest BCUT2D eigenvalue weighted by molar-refractivity contribution is 5.94. The van der Waals surface area contributed by atoms with Crippen molar-refractivity contribution in [3.05, 3.63) is 58.7 Å². The van der Waals surface area contributed by atoms with E-state index in [-0.39, 0.29) is 5.91 Å². The van der Waals surface area contributed by atoms with Crippen molar-refractivity contribution in [1.29, 1.82) is 0 Å². The van der Waals surface area contributed by atoms with Gasteiger partial charge in [0.25, 0.3) is 5.91 Å². The molecule has 0 saturated carbocycles. The van der Waals surface area contributed by atoms with Gasteiger partial charge in [0.2, 0.25) is 0 Å². The molecular formula is C21H25NO2. The van der Waals surface area contributed by atoms with Crippen molar-refractivity contribution in [2.45, 2.75) is 52.6 Å². The first-order chi connectivity index (χ1) is 11.5. The molecule has 3 heteroatoms. The zero-order valence-corrected chi connectivity index (χ0v) is 14.7. The van der Waals surface area contributed by atoms with Crippen molar-refractivity contribution in [1.82, 2.24) is 0 Å². The normalized spacial score (nSPS) is 14.6. The molecule has 1 aliphatic carbocycles. The van der Waals surface area contributed by atoms with Crippen molar-refractivity contribution in [2.24, 2.45) is 0 Å². The second kappa shape index (κ2) is 7.08. The topological polar surface area (TPSA) is 38.3 Å². The maximum Gasteiger partial charge on any atom is 0.265 e. The summed E-state index contributed by atoms with van der Waals surface area (Å²) in [4.78, 5) is 12.4. The van der Waals surface area contributed by atoms with Crippen LogP contribution in [0.25, 0.3) is 0 Å². The predicted octanol–water partition coefficient (Wildman–Crippen LogP) is 4.59. The maximum atomic E-state index is 12.4. The molecule has 1 atom stereocenters. The molecule has 0 radical (unpaired) electrons. The van der Waals surface area contributed by atoms with Gasteiger partial charge in [-0.2, -0.15) is 0 Å². The molecule has 0 heterocycles. The van der Waals surface area contributed by atoms with Gasteiger partial charge in [0.1, 0.15) is 5.75 Å². The Labute approximate surface area is 144 Å². The molecule has 2 aromatic carbocycles. The Morgan fingerprint density at radius 1 is 1.04 bits per heavy atom. The Bertz CT molecular complexity index is 751. The molecular weight excluding hydrogens is 298 g/mol. The molecule has 2 aromatic rings. The van der Waals surface area contributed by atoms with Crippen LogP contribution in [0.2, 0.25) is 0 Å². The lowest BCUT2D eigenvalue weighted by Gasteiger charge is -2.19. The first-order valence-corrected chi connectivity index (χ1v) is 8.69. The van der Waals surface area contributed by atoms with Crippen molar-refractivity contribution < 1.29 is 9.53 Å². The summed E-state index contributed by atoms with van der Waals surface area (Å²) in [5.41, 5.74) is 5.86. The summed E-state index contributed by atoms with van der Waals surface area (Å²) in [6.45, 7) is 5.83. The minimum Gasteiger partial charge on any atom is -0.481 e. The minimum atomic E-state index is -0.535. The molecule has 0 aliphatic heterocycles. The second-order valence-corrected chi connectivity index (χ2v) is 6.71. The zero-order chi connectivity index (χ0) is 17.1. The van der Waals surface area contributed by atoms with Gasteiger partial charge in [-0.25, -0.2) is 0 Å². The van der Waals surface area contributed by atoms with E-state index in [0.717, 1.165) is 29.8 Å². The highest BCUT2D eigenvalue weighted by Crippen LogP contribution is 2.26. The lowest BCUT2D eigenvalue weighted by molar-refractivity contribution is -0.122. The summed E-state index contributed by atoms with van der Waals surface area (Å²) in [6, 6.07) is 12.2. The standard InChI is InChI=1S/C21H25NO2/c1-14-8-11-20(15(2)12-14)22-21(23)16(3)24-19-10-9-17-6-4-5-7-18(17)13-19/h8-13,16H,4-7H2,1-3H3,(H,22,23)/t16-/m1/s1. The number of fused-ring (bicyclic) bond motifs is 1. The summed E-state index contributed by atoms with van der Waals surface area (Å²) < 4.78 is 5.87. The van der Waals surface area contributed by atoms with Gasteiger partial charge in [0.15, 0.2) is 6.10 Å². The lowest BCUT2D eigenvalue weighted by Crippen LogP contribution is -2.30. The van der Waals surface area contributed by atoms with Gasteiger partial charge in [-0.3, -0.25) is 4.79 Å². The van der Waals surface area contributed by atoms with Gasteiger partial charge in [0.05, 0.1) is 0 Å². The molecule has 3 rings (SSSR count). The fraction of sp³-hybridized carbons (Fsp3) is 0.381. The molecule has 126 valence electrons. The van der Waals surface area contributed by atoms with Crippen molar-refractivity contribution in [3.63, 3.8) is 0 Å². The van der Waals surface area contributed by atoms with E-state index < -0.39 is 6.10 Å². The molecule has 0 bridgehead atoms. The van der Waals surface area contributed by atoms with Crippen molar-refractivity contribution in [2.75, 3.05) is 5.32 Å². The average molecular weight is 323 g/mol. The van der Waals surface area contributed by atoms with E-state index in [1.807, 2.05) is 32.0 Å². The molecule has 3 nitrogen and oxygen atoms in total.